The summed E-state index contributed by atoms with van der Waals surface area (Å²) in [6, 6.07) is 4.02. The van der Waals surface area contributed by atoms with Gasteiger partial charge in [0.15, 0.2) is 0 Å². The number of rotatable bonds is 6. The molecule has 0 saturated heterocycles. The zero-order valence-electron chi connectivity index (χ0n) is 7.74. The number of hydrogen-bond acceptors (Lipinski definition) is 3. The lowest BCUT2D eigenvalue weighted by Gasteiger charge is -2.02. The van der Waals surface area contributed by atoms with Gasteiger partial charge in [-0.05, 0) is 37.6 Å². The second-order valence-electron chi connectivity index (χ2n) is 2.94. The van der Waals surface area contributed by atoms with E-state index in [0.29, 0.717) is 0 Å². The molecule has 2 N–H and O–H groups in total. The molecule has 0 unspecified atom stereocenters. The zero-order chi connectivity index (χ0) is 9.36. The second-order valence-corrected chi connectivity index (χ2v) is 2.94. The second kappa shape index (κ2) is 6.57. The largest absolute Gasteiger partial charge is 0.396 e. The van der Waals surface area contributed by atoms with Gasteiger partial charge in [0.05, 0.1) is 0 Å². The standard InChI is InChI=1S/C10H16N2O/c13-8-2-6-11-7-4-10-3-1-5-12-9-10/h1,3,5,9,11,13H,2,4,6-8H2. The quantitative estimate of drug-likeness (QED) is 0.630. The topological polar surface area (TPSA) is 45.1 Å². The van der Waals surface area contributed by atoms with Crippen LogP contribution in [0.5, 0.6) is 0 Å². The number of hydrogen-bond donors (Lipinski definition) is 2. The molecule has 0 bridgehead atoms. The van der Waals surface area contributed by atoms with Crippen molar-refractivity contribution in [1.29, 1.82) is 0 Å². The van der Waals surface area contributed by atoms with Crippen LogP contribution in [0.1, 0.15) is 12.0 Å². The first-order chi connectivity index (χ1) is 6.43. The third-order valence-electron chi connectivity index (χ3n) is 1.82. The van der Waals surface area contributed by atoms with E-state index in [0.717, 1.165) is 25.9 Å². The molecule has 0 aliphatic rings. The Bertz CT molecular complexity index is 213. The highest BCUT2D eigenvalue weighted by Gasteiger charge is 1.91. The van der Waals surface area contributed by atoms with E-state index in [1.807, 2.05) is 12.3 Å². The Labute approximate surface area is 78.8 Å². The Morgan fingerprint density at radius 2 is 2.31 bits per heavy atom. The van der Waals surface area contributed by atoms with E-state index in [2.05, 4.69) is 16.4 Å². The first-order valence-corrected chi connectivity index (χ1v) is 4.64. The Kier molecular flexibility index (Phi) is 5.13. The summed E-state index contributed by atoms with van der Waals surface area (Å²) in [5, 5.41) is 11.8. The van der Waals surface area contributed by atoms with Gasteiger partial charge in [-0.2, -0.15) is 0 Å². The summed E-state index contributed by atoms with van der Waals surface area (Å²) in [4.78, 5) is 4.03. The molecule has 0 saturated carbocycles. The van der Waals surface area contributed by atoms with Crippen LogP contribution in [0.25, 0.3) is 0 Å². The molecule has 0 aliphatic heterocycles. The number of aromatic nitrogens is 1. The van der Waals surface area contributed by atoms with Crippen LogP contribution in [0.2, 0.25) is 0 Å². The Hall–Kier alpha value is -0.930. The van der Waals surface area contributed by atoms with Gasteiger partial charge in [-0.1, -0.05) is 6.07 Å². The summed E-state index contributed by atoms with van der Waals surface area (Å²) < 4.78 is 0. The maximum atomic E-state index is 8.53. The van der Waals surface area contributed by atoms with Gasteiger partial charge in [-0.25, -0.2) is 0 Å². The van der Waals surface area contributed by atoms with Crippen molar-refractivity contribution < 1.29 is 5.11 Å². The fourth-order valence-corrected chi connectivity index (χ4v) is 1.11. The third-order valence-corrected chi connectivity index (χ3v) is 1.82. The van der Waals surface area contributed by atoms with Crippen molar-refractivity contribution in [2.24, 2.45) is 0 Å². The molecule has 1 aromatic rings. The SMILES string of the molecule is OCCCNCCc1cccnc1. The number of aliphatic hydroxyl groups excluding tert-OH is 1. The van der Waals surface area contributed by atoms with Crippen molar-refractivity contribution in [2.45, 2.75) is 12.8 Å². The van der Waals surface area contributed by atoms with E-state index in [1.165, 1.54) is 5.56 Å². The van der Waals surface area contributed by atoms with Crippen LogP contribution in [0.3, 0.4) is 0 Å². The summed E-state index contributed by atoms with van der Waals surface area (Å²) >= 11 is 0. The molecule has 0 aliphatic carbocycles. The van der Waals surface area contributed by atoms with Gasteiger partial charge in [-0.15, -0.1) is 0 Å². The molecule has 0 atom stereocenters. The van der Waals surface area contributed by atoms with Crippen molar-refractivity contribution in [2.75, 3.05) is 19.7 Å². The molecule has 0 amide bonds. The van der Waals surface area contributed by atoms with Crippen LogP contribution in [0, 0.1) is 0 Å². The Morgan fingerprint density at radius 3 is 3.00 bits per heavy atom. The van der Waals surface area contributed by atoms with Gasteiger partial charge >= 0.3 is 0 Å². The van der Waals surface area contributed by atoms with Gasteiger partial charge in [0, 0.05) is 19.0 Å². The average molecular weight is 180 g/mol. The lowest BCUT2D eigenvalue weighted by atomic mass is 10.2. The van der Waals surface area contributed by atoms with Crippen LogP contribution in [-0.2, 0) is 6.42 Å². The van der Waals surface area contributed by atoms with Gasteiger partial charge < -0.3 is 10.4 Å². The van der Waals surface area contributed by atoms with Crippen molar-refractivity contribution in [3.05, 3.63) is 30.1 Å². The average Bonchev–Trinajstić information content (AvgIpc) is 2.19. The van der Waals surface area contributed by atoms with Crippen molar-refractivity contribution in [3.63, 3.8) is 0 Å². The first kappa shape index (κ1) is 10.2. The molecule has 0 radical (unpaired) electrons. The molecule has 3 nitrogen and oxygen atoms in total. The predicted octanol–water partition coefficient (Wildman–Crippen LogP) is 0.596. The highest BCUT2D eigenvalue weighted by atomic mass is 16.3. The van der Waals surface area contributed by atoms with Crippen molar-refractivity contribution >= 4 is 0 Å². The molecular weight excluding hydrogens is 164 g/mol. The predicted molar refractivity (Wildman–Crippen MR) is 52.5 cm³/mol. The fourth-order valence-electron chi connectivity index (χ4n) is 1.11. The van der Waals surface area contributed by atoms with E-state index in [-0.39, 0.29) is 6.61 Å². The van der Waals surface area contributed by atoms with Crippen LogP contribution in [0.4, 0.5) is 0 Å². The maximum absolute atomic E-state index is 8.53. The molecule has 0 fully saturated rings. The maximum Gasteiger partial charge on any atom is 0.0443 e. The minimum Gasteiger partial charge on any atom is -0.396 e. The lowest BCUT2D eigenvalue weighted by molar-refractivity contribution is 0.286. The molecule has 3 heteroatoms. The molecule has 1 heterocycles. The molecule has 72 valence electrons. The minimum atomic E-state index is 0.264. The molecule has 1 rings (SSSR count). The summed E-state index contributed by atoms with van der Waals surface area (Å²) in [5.74, 6) is 0. The molecular formula is C10H16N2O. The third kappa shape index (κ3) is 4.60. The van der Waals surface area contributed by atoms with E-state index < -0.39 is 0 Å². The van der Waals surface area contributed by atoms with Gasteiger partial charge in [-0.3, -0.25) is 4.98 Å². The molecule has 13 heavy (non-hydrogen) atoms. The number of nitrogens with one attached hydrogen (secondary N) is 1. The minimum absolute atomic E-state index is 0.264. The Balaban J connectivity index is 2.07. The van der Waals surface area contributed by atoms with Crippen LogP contribution in [0.15, 0.2) is 24.5 Å². The van der Waals surface area contributed by atoms with Crippen molar-refractivity contribution in [1.82, 2.24) is 10.3 Å². The van der Waals surface area contributed by atoms with Crippen LogP contribution in [-0.4, -0.2) is 29.8 Å². The van der Waals surface area contributed by atoms with Crippen molar-refractivity contribution in [3.8, 4) is 0 Å². The van der Waals surface area contributed by atoms with Gasteiger partial charge in [0.1, 0.15) is 0 Å². The molecule has 1 aromatic heterocycles. The lowest BCUT2D eigenvalue weighted by Crippen LogP contribution is -2.19. The summed E-state index contributed by atoms with van der Waals surface area (Å²) in [5.41, 5.74) is 1.25. The molecule has 0 spiro atoms. The zero-order valence-corrected chi connectivity index (χ0v) is 7.74. The number of pyridine rings is 1. The summed E-state index contributed by atoms with van der Waals surface area (Å²) in [6.07, 6.45) is 5.49. The van der Waals surface area contributed by atoms with E-state index in [4.69, 9.17) is 5.11 Å². The normalized spacial score (nSPS) is 10.2. The highest BCUT2D eigenvalue weighted by molar-refractivity contribution is 5.08. The first-order valence-electron chi connectivity index (χ1n) is 4.64. The van der Waals surface area contributed by atoms with Crippen LogP contribution < -0.4 is 5.32 Å². The summed E-state index contributed by atoms with van der Waals surface area (Å²) in [7, 11) is 0. The van der Waals surface area contributed by atoms with Gasteiger partial charge in [0.2, 0.25) is 0 Å². The highest BCUT2D eigenvalue weighted by Crippen LogP contribution is 1.95. The number of aliphatic hydroxyl groups is 1. The monoisotopic (exact) mass is 180 g/mol. The Morgan fingerprint density at radius 1 is 1.38 bits per heavy atom. The number of nitrogens with zero attached hydrogens (tertiary/aromatic N) is 1. The summed E-state index contributed by atoms with van der Waals surface area (Å²) in [6.45, 7) is 2.10. The van der Waals surface area contributed by atoms with E-state index in [9.17, 15) is 0 Å². The smallest absolute Gasteiger partial charge is 0.0443 e. The molecule has 0 aromatic carbocycles. The van der Waals surface area contributed by atoms with E-state index >= 15 is 0 Å². The van der Waals surface area contributed by atoms with E-state index in [1.54, 1.807) is 6.20 Å². The van der Waals surface area contributed by atoms with Gasteiger partial charge in [0.25, 0.3) is 0 Å². The fraction of sp³-hybridized carbons (Fsp3) is 0.500. The van der Waals surface area contributed by atoms with Crippen LogP contribution >= 0.6 is 0 Å².